The summed E-state index contributed by atoms with van der Waals surface area (Å²) >= 11 is 0. The van der Waals surface area contributed by atoms with Crippen molar-refractivity contribution >= 4 is 32.4 Å². The normalized spacial score (nSPS) is 13.8. The van der Waals surface area contributed by atoms with Crippen LogP contribution in [0.1, 0.15) is 5.82 Å². The minimum Gasteiger partial charge on any atom is -0.454 e. The number of hydrogen-bond acceptors (Lipinski definition) is 7. The van der Waals surface area contributed by atoms with Gasteiger partial charge in [0, 0.05) is 31.2 Å². The molecule has 0 radical (unpaired) electrons. The summed E-state index contributed by atoms with van der Waals surface area (Å²) < 4.78 is 75.8. The first-order valence-electron chi connectivity index (χ1n) is 8.54. The Morgan fingerprint density at radius 3 is 2.27 bits per heavy atom. The molecule has 0 saturated heterocycles. The molecule has 1 N–H and O–H groups in total. The fourth-order valence-electron chi connectivity index (χ4n) is 2.80. The van der Waals surface area contributed by atoms with Crippen LogP contribution in [0.2, 0.25) is 0 Å². The highest BCUT2D eigenvalue weighted by atomic mass is 32.2. The molecule has 8 nitrogen and oxygen atoms in total. The molecule has 2 aromatic carbocycles. The summed E-state index contributed by atoms with van der Waals surface area (Å²) in [6, 6.07) is 8.41. The van der Waals surface area contributed by atoms with E-state index >= 15 is 0 Å². The molecule has 3 aromatic rings. The van der Waals surface area contributed by atoms with Gasteiger partial charge < -0.3 is 14.8 Å². The number of rotatable bonds is 4. The van der Waals surface area contributed by atoms with Crippen LogP contribution in [0, 0.1) is 0 Å². The van der Waals surface area contributed by atoms with Crippen LogP contribution in [0.5, 0.6) is 11.5 Å². The summed E-state index contributed by atoms with van der Waals surface area (Å²) in [5, 5.41) is 3.09. The summed E-state index contributed by atoms with van der Waals surface area (Å²) in [5.74, 6) is -0.767. The zero-order valence-electron chi connectivity index (χ0n) is 15.7. The van der Waals surface area contributed by atoms with Gasteiger partial charge in [0.1, 0.15) is 5.82 Å². The number of alkyl halides is 3. The molecule has 1 aromatic heterocycles. The first kappa shape index (κ1) is 20.2. The van der Waals surface area contributed by atoms with Crippen LogP contribution in [0.4, 0.5) is 24.7 Å². The Bertz CT molecular complexity index is 1230. The van der Waals surface area contributed by atoms with Gasteiger partial charge in [0.2, 0.25) is 22.6 Å². The molecule has 0 unspecified atom stereocenters. The lowest BCUT2D eigenvalue weighted by molar-refractivity contribution is -0.144. The molecule has 0 aliphatic carbocycles. The van der Waals surface area contributed by atoms with E-state index in [1.807, 2.05) is 0 Å². The lowest BCUT2D eigenvalue weighted by atomic mass is 10.2. The summed E-state index contributed by atoms with van der Waals surface area (Å²) in [7, 11) is -0.833. The van der Waals surface area contributed by atoms with Gasteiger partial charge in [-0.25, -0.2) is 22.7 Å². The third-order valence-corrected chi connectivity index (χ3v) is 6.17. The Hall–Kier alpha value is -3.12. The maximum absolute atomic E-state index is 13.3. The summed E-state index contributed by atoms with van der Waals surface area (Å²) in [6.45, 7) is -0.0458. The number of ether oxygens (including phenoxy) is 2. The topological polar surface area (TPSA) is 93.7 Å². The largest absolute Gasteiger partial charge is 0.454 e. The highest BCUT2D eigenvalue weighted by Crippen LogP contribution is 2.39. The van der Waals surface area contributed by atoms with Crippen molar-refractivity contribution in [3.63, 3.8) is 0 Å². The second-order valence-electron chi connectivity index (χ2n) is 6.55. The van der Waals surface area contributed by atoms with E-state index in [1.165, 1.54) is 50.5 Å². The van der Waals surface area contributed by atoms with Crippen molar-refractivity contribution in [3.05, 3.63) is 42.2 Å². The van der Waals surface area contributed by atoms with Crippen LogP contribution in [-0.4, -0.2) is 43.6 Å². The molecule has 0 amide bonds. The molecule has 0 saturated carbocycles. The number of fused-ring (bicyclic) bond motifs is 2. The van der Waals surface area contributed by atoms with Gasteiger partial charge in [-0.05, 0) is 30.3 Å². The molecule has 0 fully saturated rings. The van der Waals surface area contributed by atoms with E-state index in [-0.39, 0.29) is 28.4 Å². The molecule has 4 rings (SSSR count). The summed E-state index contributed by atoms with van der Waals surface area (Å²) in [4.78, 5) is 7.26. The molecule has 0 spiro atoms. The van der Waals surface area contributed by atoms with Crippen LogP contribution in [0.3, 0.4) is 0 Å². The predicted molar refractivity (Wildman–Crippen MR) is 101 cm³/mol. The smallest absolute Gasteiger partial charge is 0.451 e. The average molecular weight is 440 g/mol. The van der Waals surface area contributed by atoms with Crippen molar-refractivity contribution in [2.45, 2.75) is 11.1 Å². The number of hydrogen-bond donors (Lipinski definition) is 1. The first-order chi connectivity index (χ1) is 14.1. The van der Waals surface area contributed by atoms with Gasteiger partial charge in [-0.15, -0.1) is 0 Å². The molecule has 30 heavy (non-hydrogen) atoms. The minimum atomic E-state index is -4.76. The number of nitrogens with zero attached hydrogens (tertiary/aromatic N) is 3. The van der Waals surface area contributed by atoms with Gasteiger partial charge in [0.25, 0.3) is 0 Å². The van der Waals surface area contributed by atoms with Gasteiger partial charge in [0.15, 0.2) is 11.5 Å². The zero-order chi connectivity index (χ0) is 21.7. The second-order valence-corrected chi connectivity index (χ2v) is 8.70. The number of aromatic nitrogens is 2. The third-order valence-electron chi connectivity index (χ3n) is 4.34. The second kappa shape index (κ2) is 6.99. The van der Waals surface area contributed by atoms with Crippen molar-refractivity contribution < 1.29 is 31.1 Å². The van der Waals surface area contributed by atoms with Crippen LogP contribution in [-0.2, 0) is 16.2 Å². The molecule has 2 heterocycles. The molecule has 1 aliphatic heterocycles. The number of halogens is 3. The maximum atomic E-state index is 13.3. The number of sulfonamides is 1. The highest BCUT2D eigenvalue weighted by Gasteiger charge is 2.36. The van der Waals surface area contributed by atoms with E-state index < -0.39 is 22.0 Å². The predicted octanol–water partition coefficient (Wildman–Crippen LogP) is 3.37. The Labute approximate surface area is 169 Å². The molecule has 158 valence electrons. The minimum absolute atomic E-state index is 0.0240. The number of anilines is 2. The molecule has 0 atom stereocenters. The lowest BCUT2D eigenvalue weighted by Crippen LogP contribution is -2.22. The van der Waals surface area contributed by atoms with Crippen LogP contribution in [0.15, 0.2) is 41.3 Å². The van der Waals surface area contributed by atoms with Crippen molar-refractivity contribution in [2.75, 3.05) is 26.2 Å². The van der Waals surface area contributed by atoms with Crippen LogP contribution < -0.4 is 14.8 Å². The fourth-order valence-corrected chi connectivity index (χ4v) is 3.70. The SMILES string of the molecule is CN(C)S(=O)(=O)c1ccc(Nc2nc(C(F)(F)F)nc3cc4c(cc23)OCO4)cc1. The van der Waals surface area contributed by atoms with E-state index in [9.17, 15) is 21.6 Å². The van der Waals surface area contributed by atoms with E-state index in [4.69, 9.17) is 9.47 Å². The van der Waals surface area contributed by atoms with E-state index in [0.717, 1.165) is 4.31 Å². The first-order valence-corrected chi connectivity index (χ1v) is 9.98. The molecular weight excluding hydrogens is 425 g/mol. The standard InChI is InChI=1S/C18H15F3N4O4S/c1-25(2)30(26,27)11-5-3-10(4-6-11)22-16-12-7-14-15(29-9-28-14)8-13(12)23-17(24-16)18(19,20)21/h3-8H,9H2,1-2H3,(H,22,23,24). The quantitative estimate of drug-likeness (QED) is 0.665. The van der Waals surface area contributed by atoms with Gasteiger partial charge in [-0.3, -0.25) is 0 Å². The zero-order valence-corrected chi connectivity index (χ0v) is 16.5. The van der Waals surface area contributed by atoms with E-state index in [1.54, 1.807) is 0 Å². The van der Waals surface area contributed by atoms with Crippen molar-refractivity contribution in [2.24, 2.45) is 0 Å². The van der Waals surface area contributed by atoms with Crippen LogP contribution in [0.25, 0.3) is 10.9 Å². The molecule has 0 bridgehead atoms. The van der Waals surface area contributed by atoms with Crippen LogP contribution >= 0.6 is 0 Å². The highest BCUT2D eigenvalue weighted by molar-refractivity contribution is 7.89. The van der Waals surface area contributed by atoms with E-state index in [0.29, 0.717) is 17.2 Å². The molecule has 1 aliphatic rings. The number of benzene rings is 2. The van der Waals surface area contributed by atoms with Gasteiger partial charge in [0.05, 0.1) is 10.4 Å². The Kier molecular flexibility index (Phi) is 4.70. The molecular formula is C18H15F3N4O4S. The van der Waals surface area contributed by atoms with Gasteiger partial charge >= 0.3 is 6.18 Å². The molecule has 12 heteroatoms. The Balaban J connectivity index is 1.78. The Morgan fingerprint density at radius 1 is 1.03 bits per heavy atom. The number of nitrogens with one attached hydrogen (secondary N) is 1. The average Bonchev–Trinajstić information content (AvgIpc) is 3.13. The summed E-state index contributed by atoms with van der Waals surface area (Å²) in [5.41, 5.74) is 0.370. The summed E-state index contributed by atoms with van der Waals surface area (Å²) in [6.07, 6.45) is -4.76. The lowest BCUT2D eigenvalue weighted by Gasteiger charge is -2.14. The van der Waals surface area contributed by atoms with Gasteiger partial charge in [-0.1, -0.05) is 0 Å². The van der Waals surface area contributed by atoms with Crippen molar-refractivity contribution in [1.82, 2.24) is 14.3 Å². The fraction of sp³-hybridized carbons (Fsp3) is 0.222. The maximum Gasteiger partial charge on any atom is 0.451 e. The van der Waals surface area contributed by atoms with E-state index in [2.05, 4.69) is 15.3 Å². The monoisotopic (exact) mass is 440 g/mol. The third kappa shape index (κ3) is 3.59. The van der Waals surface area contributed by atoms with Crippen molar-refractivity contribution in [3.8, 4) is 11.5 Å². The van der Waals surface area contributed by atoms with Crippen molar-refractivity contribution in [1.29, 1.82) is 0 Å². The van der Waals surface area contributed by atoms with Gasteiger partial charge in [-0.2, -0.15) is 13.2 Å². The Morgan fingerprint density at radius 2 is 1.67 bits per heavy atom.